The minimum absolute atomic E-state index is 0.211. The predicted molar refractivity (Wildman–Crippen MR) is 94.9 cm³/mol. The minimum atomic E-state index is 0.211. The number of benzene rings is 2. The van der Waals surface area contributed by atoms with E-state index in [0.717, 1.165) is 17.0 Å². The highest BCUT2D eigenvalue weighted by Gasteiger charge is 2.10. The van der Waals surface area contributed by atoms with Crippen LogP contribution in [-0.4, -0.2) is 14.2 Å². The van der Waals surface area contributed by atoms with E-state index in [1.165, 1.54) is 9.13 Å². The van der Waals surface area contributed by atoms with Crippen molar-refractivity contribution in [1.82, 2.24) is 0 Å². The number of hydrogen-bond donors (Lipinski definition) is 1. The van der Waals surface area contributed by atoms with Crippen molar-refractivity contribution < 1.29 is 9.47 Å². The summed E-state index contributed by atoms with van der Waals surface area (Å²) in [5.74, 6) is 0.863. The van der Waals surface area contributed by atoms with Gasteiger partial charge >= 0.3 is 0 Å². The van der Waals surface area contributed by atoms with Gasteiger partial charge in [0, 0.05) is 28.0 Å². The third-order valence-electron chi connectivity index (χ3n) is 3.35. The van der Waals surface area contributed by atoms with Gasteiger partial charge in [-0.3, -0.25) is 0 Å². The number of hydrogen-bond acceptors (Lipinski definition) is 3. The van der Waals surface area contributed by atoms with Crippen LogP contribution in [0.25, 0.3) is 0 Å². The molecule has 2 rings (SSSR count). The zero-order chi connectivity index (χ0) is 15.2. The monoisotopic (exact) mass is 397 g/mol. The van der Waals surface area contributed by atoms with Crippen molar-refractivity contribution in [3.63, 3.8) is 0 Å². The second kappa shape index (κ2) is 7.66. The Morgan fingerprint density at radius 2 is 1.90 bits per heavy atom. The Labute approximate surface area is 139 Å². The van der Waals surface area contributed by atoms with Crippen molar-refractivity contribution in [2.75, 3.05) is 19.5 Å². The second-order valence-electron chi connectivity index (χ2n) is 4.85. The molecule has 0 radical (unpaired) electrons. The number of halogens is 1. The summed E-state index contributed by atoms with van der Waals surface area (Å²) in [6.45, 7) is 2.70. The molecular weight excluding hydrogens is 377 g/mol. The van der Waals surface area contributed by atoms with Crippen molar-refractivity contribution in [3.8, 4) is 5.75 Å². The Morgan fingerprint density at radius 3 is 2.57 bits per heavy atom. The Hall–Kier alpha value is -1.27. The maximum Gasteiger partial charge on any atom is 0.124 e. The molecule has 0 aliphatic heterocycles. The maximum absolute atomic E-state index is 5.37. The van der Waals surface area contributed by atoms with E-state index >= 15 is 0 Å². The van der Waals surface area contributed by atoms with Crippen LogP contribution in [0.5, 0.6) is 5.75 Å². The molecule has 2 aromatic carbocycles. The normalized spacial score (nSPS) is 12.0. The first kappa shape index (κ1) is 16.1. The van der Waals surface area contributed by atoms with Gasteiger partial charge in [-0.25, -0.2) is 0 Å². The Kier molecular flexibility index (Phi) is 5.87. The van der Waals surface area contributed by atoms with Crippen molar-refractivity contribution >= 4 is 28.3 Å². The molecule has 21 heavy (non-hydrogen) atoms. The lowest BCUT2D eigenvalue weighted by Crippen LogP contribution is -2.08. The molecule has 0 heterocycles. The molecule has 1 N–H and O–H groups in total. The maximum atomic E-state index is 5.37. The number of nitrogens with one attached hydrogen (secondary N) is 1. The Balaban J connectivity index is 2.21. The van der Waals surface area contributed by atoms with Crippen LogP contribution in [0.1, 0.15) is 24.1 Å². The molecule has 0 bridgehead atoms. The summed E-state index contributed by atoms with van der Waals surface area (Å²) in [5, 5.41) is 3.54. The molecule has 4 heteroatoms. The smallest absolute Gasteiger partial charge is 0.124 e. The quantitative estimate of drug-likeness (QED) is 0.722. The summed E-state index contributed by atoms with van der Waals surface area (Å²) in [6, 6.07) is 14.7. The zero-order valence-corrected chi connectivity index (χ0v) is 14.7. The standard InChI is InChI=1S/C17H20INO2/c1-12(19-16-7-5-4-6-15(16)18)13-8-9-17(21-3)14(10-13)11-20-2/h4-10,12,19H,11H2,1-3H3. The number of ether oxygens (including phenoxy) is 2. The van der Waals surface area contributed by atoms with Crippen LogP contribution in [-0.2, 0) is 11.3 Å². The third-order valence-corrected chi connectivity index (χ3v) is 4.29. The lowest BCUT2D eigenvalue weighted by atomic mass is 10.0. The molecule has 0 spiro atoms. The highest BCUT2D eigenvalue weighted by Crippen LogP contribution is 2.27. The highest BCUT2D eigenvalue weighted by atomic mass is 127. The molecular formula is C17H20INO2. The van der Waals surface area contributed by atoms with E-state index in [-0.39, 0.29) is 6.04 Å². The van der Waals surface area contributed by atoms with Gasteiger partial charge in [-0.2, -0.15) is 0 Å². The van der Waals surface area contributed by atoms with Crippen LogP contribution >= 0.6 is 22.6 Å². The van der Waals surface area contributed by atoms with E-state index in [1.54, 1.807) is 14.2 Å². The molecule has 0 aliphatic rings. The first-order valence-corrected chi connectivity index (χ1v) is 7.90. The average molecular weight is 397 g/mol. The molecule has 2 aromatic rings. The molecule has 0 aliphatic carbocycles. The van der Waals surface area contributed by atoms with Crippen LogP contribution in [0.2, 0.25) is 0 Å². The SMILES string of the molecule is COCc1cc(C(C)Nc2ccccc2I)ccc1OC. The van der Waals surface area contributed by atoms with Gasteiger partial charge in [0.15, 0.2) is 0 Å². The van der Waals surface area contributed by atoms with Crippen molar-refractivity contribution in [2.45, 2.75) is 19.6 Å². The van der Waals surface area contributed by atoms with E-state index in [0.29, 0.717) is 6.61 Å². The lowest BCUT2D eigenvalue weighted by Gasteiger charge is -2.18. The van der Waals surface area contributed by atoms with Gasteiger partial charge in [-0.15, -0.1) is 0 Å². The number of para-hydroxylation sites is 1. The van der Waals surface area contributed by atoms with Crippen LogP contribution in [0.3, 0.4) is 0 Å². The molecule has 0 saturated carbocycles. The van der Waals surface area contributed by atoms with E-state index in [4.69, 9.17) is 9.47 Å². The molecule has 0 fully saturated rings. The molecule has 0 saturated heterocycles. The van der Waals surface area contributed by atoms with Crippen molar-refractivity contribution in [3.05, 3.63) is 57.2 Å². The lowest BCUT2D eigenvalue weighted by molar-refractivity contribution is 0.181. The van der Waals surface area contributed by atoms with Crippen molar-refractivity contribution in [2.24, 2.45) is 0 Å². The van der Waals surface area contributed by atoms with E-state index < -0.39 is 0 Å². The average Bonchev–Trinajstić information content (AvgIpc) is 2.50. The molecule has 1 atom stereocenters. The van der Waals surface area contributed by atoms with Gasteiger partial charge in [0.1, 0.15) is 5.75 Å². The first-order chi connectivity index (χ1) is 10.2. The summed E-state index contributed by atoms with van der Waals surface area (Å²) in [7, 11) is 3.38. The largest absolute Gasteiger partial charge is 0.496 e. The van der Waals surface area contributed by atoms with E-state index in [2.05, 4.69) is 59.1 Å². The zero-order valence-electron chi connectivity index (χ0n) is 12.5. The van der Waals surface area contributed by atoms with Gasteiger partial charge in [0.05, 0.1) is 13.7 Å². The number of anilines is 1. The third kappa shape index (κ3) is 4.11. The summed E-state index contributed by atoms with van der Waals surface area (Å²) in [6.07, 6.45) is 0. The van der Waals surface area contributed by atoms with Crippen LogP contribution in [0, 0.1) is 3.57 Å². The number of methoxy groups -OCH3 is 2. The second-order valence-corrected chi connectivity index (χ2v) is 6.01. The highest BCUT2D eigenvalue weighted by molar-refractivity contribution is 14.1. The Morgan fingerprint density at radius 1 is 1.14 bits per heavy atom. The molecule has 1 unspecified atom stereocenters. The fourth-order valence-electron chi connectivity index (χ4n) is 2.23. The van der Waals surface area contributed by atoms with E-state index in [1.807, 2.05) is 18.2 Å². The first-order valence-electron chi connectivity index (χ1n) is 6.82. The van der Waals surface area contributed by atoms with Gasteiger partial charge in [0.25, 0.3) is 0 Å². The summed E-state index contributed by atoms with van der Waals surface area (Å²) in [5.41, 5.74) is 3.42. The predicted octanol–water partition coefficient (Wildman–Crippen LogP) is 4.62. The van der Waals surface area contributed by atoms with Gasteiger partial charge in [-0.05, 0) is 59.3 Å². The Bertz CT molecular complexity index is 601. The van der Waals surface area contributed by atoms with Crippen LogP contribution in [0.4, 0.5) is 5.69 Å². The fourth-order valence-corrected chi connectivity index (χ4v) is 2.77. The van der Waals surface area contributed by atoms with Gasteiger partial charge in [-0.1, -0.05) is 18.2 Å². The van der Waals surface area contributed by atoms with Crippen LogP contribution in [0.15, 0.2) is 42.5 Å². The summed E-state index contributed by atoms with van der Waals surface area (Å²) in [4.78, 5) is 0. The molecule has 0 aromatic heterocycles. The fraction of sp³-hybridized carbons (Fsp3) is 0.294. The summed E-state index contributed by atoms with van der Waals surface area (Å²) < 4.78 is 11.8. The summed E-state index contributed by atoms with van der Waals surface area (Å²) >= 11 is 2.34. The van der Waals surface area contributed by atoms with Crippen LogP contribution < -0.4 is 10.1 Å². The van der Waals surface area contributed by atoms with Crippen molar-refractivity contribution in [1.29, 1.82) is 0 Å². The minimum Gasteiger partial charge on any atom is -0.496 e. The topological polar surface area (TPSA) is 30.5 Å². The number of rotatable bonds is 6. The molecule has 3 nitrogen and oxygen atoms in total. The van der Waals surface area contributed by atoms with Gasteiger partial charge < -0.3 is 14.8 Å². The molecule has 112 valence electrons. The molecule has 0 amide bonds. The van der Waals surface area contributed by atoms with Gasteiger partial charge in [0.2, 0.25) is 0 Å². The van der Waals surface area contributed by atoms with E-state index in [9.17, 15) is 0 Å².